The van der Waals surface area contributed by atoms with Crippen molar-refractivity contribution in [3.8, 4) is 0 Å². The zero-order valence-electron chi connectivity index (χ0n) is 16.9. The number of hydrogen-bond acceptors (Lipinski definition) is 4. The molecule has 0 aromatic heterocycles. The average Bonchev–Trinajstić information content (AvgIpc) is 2.73. The molecular formula is C24H26N4O2. The van der Waals surface area contributed by atoms with Crippen molar-refractivity contribution < 1.29 is 9.59 Å². The predicted molar refractivity (Wildman–Crippen MR) is 119 cm³/mol. The fourth-order valence-corrected chi connectivity index (χ4v) is 3.32. The van der Waals surface area contributed by atoms with E-state index in [4.69, 9.17) is 11.1 Å². The molecule has 1 unspecified atom stereocenters. The fourth-order valence-electron chi connectivity index (χ4n) is 3.32. The van der Waals surface area contributed by atoms with Crippen LogP contribution in [0.2, 0.25) is 0 Å². The number of benzene rings is 3. The molecular weight excluding hydrogens is 376 g/mol. The van der Waals surface area contributed by atoms with Gasteiger partial charge in [0, 0.05) is 6.42 Å². The van der Waals surface area contributed by atoms with Gasteiger partial charge in [-0.25, -0.2) is 0 Å². The first-order valence-electron chi connectivity index (χ1n) is 9.86. The summed E-state index contributed by atoms with van der Waals surface area (Å²) >= 11 is 0. The number of rotatable bonds is 7. The number of nitrogens with one attached hydrogen (secondary N) is 3. The molecule has 0 saturated carbocycles. The fraction of sp³-hybridized carbons (Fsp3) is 0.208. The first-order valence-corrected chi connectivity index (χ1v) is 9.86. The molecule has 0 aliphatic carbocycles. The Bertz CT molecular complexity index is 1050. The van der Waals surface area contributed by atoms with Crippen LogP contribution in [0.4, 0.5) is 0 Å². The second kappa shape index (κ2) is 9.80. The van der Waals surface area contributed by atoms with E-state index in [1.165, 1.54) is 6.92 Å². The van der Waals surface area contributed by atoms with E-state index in [0.717, 1.165) is 21.9 Å². The van der Waals surface area contributed by atoms with Crippen molar-refractivity contribution in [2.75, 3.05) is 0 Å². The molecule has 0 radical (unpaired) electrons. The van der Waals surface area contributed by atoms with Crippen molar-refractivity contribution in [3.05, 3.63) is 83.9 Å². The highest BCUT2D eigenvalue weighted by molar-refractivity contribution is 6.00. The minimum atomic E-state index is -0.817. The summed E-state index contributed by atoms with van der Waals surface area (Å²) in [6.45, 7) is 1.48. The number of carbonyl (C=O) groups is 2. The Morgan fingerprint density at radius 1 is 0.867 bits per heavy atom. The number of carbonyl (C=O) groups excluding carboxylic acids is 2. The Kier molecular flexibility index (Phi) is 6.93. The molecule has 5 N–H and O–H groups in total. The van der Waals surface area contributed by atoms with Gasteiger partial charge in [0.15, 0.2) is 0 Å². The second-order valence-electron chi connectivity index (χ2n) is 7.36. The number of nitrogens with two attached hydrogens (primary N) is 1. The van der Waals surface area contributed by atoms with Gasteiger partial charge in [0.2, 0.25) is 11.8 Å². The van der Waals surface area contributed by atoms with Crippen molar-refractivity contribution in [1.29, 1.82) is 5.41 Å². The average molecular weight is 402 g/mol. The topological polar surface area (TPSA) is 108 Å². The number of hydrogen-bond donors (Lipinski definition) is 4. The zero-order chi connectivity index (χ0) is 21.5. The highest BCUT2D eigenvalue weighted by Gasteiger charge is 2.24. The third-order valence-corrected chi connectivity index (χ3v) is 4.83. The number of amidine groups is 1. The lowest BCUT2D eigenvalue weighted by Crippen LogP contribution is -2.53. The highest BCUT2D eigenvalue weighted by Crippen LogP contribution is 2.16. The van der Waals surface area contributed by atoms with Gasteiger partial charge in [-0.2, -0.15) is 0 Å². The summed E-state index contributed by atoms with van der Waals surface area (Å²) in [5.74, 6) is -0.813. The van der Waals surface area contributed by atoms with E-state index in [9.17, 15) is 9.59 Å². The molecule has 0 spiro atoms. The van der Waals surface area contributed by atoms with E-state index < -0.39 is 23.9 Å². The summed E-state index contributed by atoms with van der Waals surface area (Å²) in [4.78, 5) is 25.2. The molecule has 0 bridgehead atoms. The summed E-state index contributed by atoms with van der Waals surface area (Å²) in [7, 11) is 0. The lowest BCUT2D eigenvalue weighted by molar-refractivity contribution is -0.128. The van der Waals surface area contributed by atoms with Crippen LogP contribution < -0.4 is 16.4 Å². The van der Waals surface area contributed by atoms with Gasteiger partial charge >= 0.3 is 0 Å². The Balaban J connectivity index is 1.69. The van der Waals surface area contributed by atoms with Gasteiger partial charge in [-0.3, -0.25) is 15.0 Å². The maximum Gasteiger partial charge on any atom is 0.248 e. The Morgan fingerprint density at radius 3 is 2.23 bits per heavy atom. The van der Waals surface area contributed by atoms with Crippen LogP contribution in [-0.2, 0) is 22.4 Å². The van der Waals surface area contributed by atoms with Crippen LogP contribution in [0, 0.1) is 5.41 Å². The van der Waals surface area contributed by atoms with Gasteiger partial charge in [-0.1, -0.05) is 72.8 Å². The molecule has 6 heteroatoms. The minimum Gasteiger partial charge on any atom is -0.343 e. The highest BCUT2D eigenvalue weighted by atomic mass is 16.2. The van der Waals surface area contributed by atoms with E-state index >= 15 is 0 Å². The van der Waals surface area contributed by atoms with Crippen LogP contribution in [0.3, 0.4) is 0 Å². The van der Waals surface area contributed by atoms with Crippen molar-refractivity contribution in [1.82, 2.24) is 10.6 Å². The monoisotopic (exact) mass is 402 g/mol. The number of amides is 2. The third-order valence-electron chi connectivity index (χ3n) is 4.83. The van der Waals surface area contributed by atoms with E-state index in [1.807, 2.05) is 72.8 Å². The van der Waals surface area contributed by atoms with Crippen LogP contribution in [0.15, 0.2) is 72.8 Å². The minimum absolute atomic E-state index is 0.0211. The first kappa shape index (κ1) is 21.2. The normalized spacial score (nSPS) is 12.7. The zero-order valence-corrected chi connectivity index (χ0v) is 16.9. The van der Waals surface area contributed by atoms with E-state index in [0.29, 0.717) is 12.8 Å². The van der Waals surface area contributed by atoms with Gasteiger partial charge in [0.05, 0.1) is 11.9 Å². The second-order valence-corrected chi connectivity index (χ2v) is 7.36. The van der Waals surface area contributed by atoms with E-state index in [1.54, 1.807) is 0 Å². The standard InChI is InChI=1S/C24H26N4O2/c1-16(25)27-24(30)22(15-17-7-3-2-4-8-17)28-23(29)21(26)14-18-11-12-19-9-5-6-10-20(19)13-18/h2-13,21-22H,14-15,26H2,1H3,(H,28,29)(H2,25,27,30)/t21?,22-/m1/s1. The molecule has 2 amide bonds. The van der Waals surface area contributed by atoms with Crippen LogP contribution in [0.25, 0.3) is 10.8 Å². The summed E-state index contributed by atoms with van der Waals surface area (Å²) in [6, 6.07) is 21.8. The molecule has 0 saturated heterocycles. The molecule has 2 atom stereocenters. The van der Waals surface area contributed by atoms with Gasteiger partial charge in [-0.05, 0) is 35.2 Å². The largest absolute Gasteiger partial charge is 0.343 e. The molecule has 0 aliphatic rings. The van der Waals surface area contributed by atoms with Gasteiger partial charge in [-0.15, -0.1) is 0 Å². The first-order chi connectivity index (χ1) is 14.4. The maximum absolute atomic E-state index is 12.7. The smallest absolute Gasteiger partial charge is 0.248 e. The lowest BCUT2D eigenvalue weighted by atomic mass is 10.0. The Labute approximate surface area is 176 Å². The SMILES string of the molecule is CC(=N)NC(=O)[C@@H](Cc1ccccc1)NC(=O)C(N)Cc1ccc2ccccc2c1. The van der Waals surface area contributed by atoms with E-state index in [-0.39, 0.29) is 5.84 Å². The van der Waals surface area contributed by atoms with Crippen LogP contribution in [0.5, 0.6) is 0 Å². The molecule has 0 fully saturated rings. The van der Waals surface area contributed by atoms with Gasteiger partial charge in [0.25, 0.3) is 0 Å². The molecule has 3 aromatic rings. The van der Waals surface area contributed by atoms with E-state index in [2.05, 4.69) is 10.6 Å². The summed E-state index contributed by atoms with van der Waals surface area (Å²) < 4.78 is 0. The summed E-state index contributed by atoms with van der Waals surface area (Å²) in [5, 5.41) is 14.9. The van der Waals surface area contributed by atoms with Gasteiger partial charge in [0.1, 0.15) is 6.04 Å². The van der Waals surface area contributed by atoms with Crippen LogP contribution in [-0.4, -0.2) is 29.7 Å². The van der Waals surface area contributed by atoms with Crippen molar-refractivity contribution in [2.45, 2.75) is 31.8 Å². The Morgan fingerprint density at radius 2 is 1.53 bits per heavy atom. The summed E-state index contributed by atoms with van der Waals surface area (Å²) in [5.41, 5.74) is 8.01. The lowest BCUT2D eigenvalue weighted by Gasteiger charge is -2.21. The van der Waals surface area contributed by atoms with Crippen molar-refractivity contribution >= 4 is 28.4 Å². The Hall–Kier alpha value is -3.51. The maximum atomic E-state index is 12.7. The summed E-state index contributed by atoms with van der Waals surface area (Å²) in [6.07, 6.45) is 0.675. The van der Waals surface area contributed by atoms with Crippen molar-refractivity contribution in [3.63, 3.8) is 0 Å². The van der Waals surface area contributed by atoms with Crippen molar-refractivity contribution in [2.24, 2.45) is 5.73 Å². The third kappa shape index (κ3) is 5.75. The van der Waals surface area contributed by atoms with Crippen LogP contribution in [0.1, 0.15) is 18.1 Å². The predicted octanol–water partition coefficient (Wildman–Crippen LogP) is 2.55. The molecule has 3 aromatic carbocycles. The van der Waals surface area contributed by atoms with Crippen LogP contribution >= 0.6 is 0 Å². The molecule has 154 valence electrons. The molecule has 0 heterocycles. The molecule has 30 heavy (non-hydrogen) atoms. The van der Waals surface area contributed by atoms with Gasteiger partial charge < -0.3 is 16.4 Å². The molecule has 6 nitrogen and oxygen atoms in total. The number of fused-ring (bicyclic) bond motifs is 1. The molecule has 0 aliphatic heterocycles. The quantitative estimate of drug-likeness (QED) is 0.360. The molecule has 3 rings (SSSR count).